The van der Waals surface area contributed by atoms with Crippen molar-refractivity contribution in [2.75, 3.05) is 4.90 Å². The minimum Gasteiger partial charge on any atom is -0.346 e. The monoisotopic (exact) mass is 882 g/mol. The van der Waals surface area contributed by atoms with E-state index in [-0.39, 0.29) is 21.1 Å². The first kappa shape index (κ1) is 36.6. The van der Waals surface area contributed by atoms with E-state index in [1.807, 2.05) is 18.5 Å². The summed E-state index contributed by atoms with van der Waals surface area (Å²) >= 11 is 0. The number of hydrogen-bond donors (Lipinski definition) is 0. The molecule has 8 rings (SSSR count). The van der Waals surface area contributed by atoms with Gasteiger partial charge in [0, 0.05) is 34.0 Å². The smallest absolute Gasteiger partial charge is 0.346 e. The van der Waals surface area contributed by atoms with Crippen LogP contribution in [0.4, 0.5) is 17.1 Å². The van der Waals surface area contributed by atoms with Crippen molar-refractivity contribution in [3.05, 3.63) is 186 Å². The third kappa shape index (κ3) is 6.77. The van der Waals surface area contributed by atoms with Gasteiger partial charge in [0.15, 0.2) is 0 Å². The number of imidazole rings is 2. The molecular formula is C48H41N5Pt. The molecule has 2 aromatic heterocycles. The van der Waals surface area contributed by atoms with Crippen LogP contribution >= 0.6 is 0 Å². The Balaban J connectivity index is 0.00000450. The zero-order chi connectivity index (χ0) is 36.6. The third-order valence-corrected chi connectivity index (χ3v) is 9.95. The number of aromatic nitrogens is 4. The number of aryl methyl sites for hydroxylation is 4. The average Bonchev–Trinajstić information content (AvgIpc) is 3.70. The Labute approximate surface area is 332 Å². The fraction of sp³-hybridized carbons (Fsp3) is 0.125. The van der Waals surface area contributed by atoms with Crippen LogP contribution in [0.25, 0.3) is 45.0 Å². The van der Waals surface area contributed by atoms with E-state index in [4.69, 9.17) is 9.97 Å². The summed E-state index contributed by atoms with van der Waals surface area (Å²) < 4.78 is 4.46. The Bertz CT molecular complexity index is 2560. The van der Waals surface area contributed by atoms with E-state index in [1.165, 1.54) is 27.9 Å². The van der Waals surface area contributed by atoms with E-state index in [0.29, 0.717) is 0 Å². The fourth-order valence-corrected chi connectivity index (χ4v) is 7.65. The second-order valence-electron chi connectivity index (χ2n) is 13.7. The largest absolute Gasteiger partial charge is 2.00 e. The van der Waals surface area contributed by atoms with Crippen LogP contribution in [-0.4, -0.2) is 19.1 Å². The molecule has 0 saturated carbocycles. The number of para-hydroxylation sites is 2. The molecule has 0 unspecified atom stereocenters. The molecule has 0 aliphatic carbocycles. The maximum absolute atomic E-state index is 5.12. The predicted molar refractivity (Wildman–Crippen MR) is 218 cm³/mol. The summed E-state index contributed by atoms with van der Waals surface area (Å²) in [5.74, 6) is 0.952. The SMILES string of the molecule is Cc1cc(C)c(-n2c(C)nc(-c3[c-]c(N(c4[c-]c(-c5ncn(-c6ccccc6-c6ccccc6)c5C)ccc4)c4ccccc4)ccc3)c2C)c(C)c1.[Pt+2]. The van der Waals surface area contributed by atoms with Gasteiger partial charge in [-0.05, 0) is 87.8 Å². The van der Waals surface area contributed by atoms with Crippen LogP contribution in [0.3, 0.4) is 0 Å². The summed E-state index contributed by atoms with van der Waals surface area (Å²) in [6.07, 6.45) is 1.92. The summed E-state index contributed by atoms with van der Waals surface area (Å²) in [5.41, 5.74) is 16.9. The predicted octanol–water partition coefficient (Wildman–Crippen LogP) is 12.0. The Morgan fingerprint density at radius 1 is 0.574 bits per heavy atom. The second kappa shape index (κ2) is 15.3. The molecule has 5 nitrogen and oxygen atoms in total. The van der Waals surface area contributed by atoms with Gasteiger partial charge in [0.1, 0.15) is 0 Å². The molecule has 2 heterocycles. The van der Waals surface area contributed by atoms with Crippen molar-refractivity contribution in [3.8, 4) is 45.0 Å². The van der Waals surface area contributed by atoms with Crippen LogP contribution in [0.5, 0.6) is 0 Å². The van der Waals surface area contributed by atoms with E-state index in [1.54, 1.807) is 0 Å². The Morgan fingerprint density at radius 2 is 1.15 bits per heavy atom. The molecule has 0 saturated heterocycles. The topological polar surface area (TPSA) is 38.9 Å². The Morgan fingerprint density at radius 3 is 1.80 bits per heavy atom. The van der Waals surface area contributed by atoms with Crippen LogP contribution < -0.4 is 4.90 Å². The van der Waals surface area contributed by atoms with Gasteiger partial charge in [0.2, 0.25) is 0 Å². The van der Waals surface area contributed by atoms with Gasteiger partial charge >= 0.3 is 21.1 Å². The summed E-state index contributed by atoms with van der Waals surface area (Å²) in [6, 6.07) is 53.9. The van der Waals surface area contributed by atoms with Gasteiger partial charge in [-0.2, -0.15) is 0 Å². The number of hydrogen-bond acceptors (Lipinski definition) is 3. The zero-order valence-corrected chi connectivity index (χ0v) is 33.6. The van der Waals surface area contributed by atoms with Gasteiger partial charge in [-0.25, -0.2) is 0 Å². The van der Waals surface area contributed by atoms with Crippen LogP contribution in [0.1, 0.15) is 33.9 Å². The first-order chi connectivity index (χ1) is 25.8. The number of benzene rings is 6. The first-order valence-electron chi connectivity index (χ1n) is 18.0. The van der Waals surface area contributed by atoms with Gasteiger partial charge < -0.3 is 14.0 Å². The van der Waals surface area contributed by atoms with Crippen molar-refractivity contribution >= 4 is 17.1 Å². The molecule has 0 aliphatic rings. The molecule has 54 heavy (non-hydrogen) atoms. The van der Waals surface area contributed by atoms with Crippen molar-refractivity contribution in [1.82, 2.24) is 19.1 Å². The minimum atomic E-state index is 0. The van der Waals surface area contributed by atoms with Crippen LogP contribution in [0.2, 0.25) is 0 Å². The van der Waals surface area contributed by atoms with Crippen molar-refractivity contribution in [2.24, 2.45) is 0 Å². The molecule has 0 bridgehead atoms. The van der Waals surface area contributed by atoms with Crippen LogP contribution in [0.15, 0.2) is 140 Å². The van der Waals surface area contributed by atoms with Crippen LogP contribution in [0, 0.1) is 53.7 Å². The van der Waals surface area contributed by atoms with E-state index >= 15 is 0 Å². The number of rotatable bonds is 8. The molecule has 0 fully saturated rings. The van der Waals surface area contributed by atoms with E-state index < -0.39 is 0 Å². The molecular weight excluding hydrogens is 842 g/mol. The molecule has 8 aromatic rings. The Hall–Kier alpha value is -5.77. The summed E-state index contributed by atoms with van der Waals surface area (Å²) in [4.78, 5) is 12.3. The standard InChI is InChI=1S/C48H41N5.Pt/c1-32-27-33(2)48(34(3)28-32)52-36(5)47(50-37(52)6)40-20-16-24-43(30-40)53(41-21-11-8-12-22-41)42-23-15-19-39(29-42)46-35(4)51(31-49-46)45-26-14-13-25-44(45)38-17-9-7-10-18-38;/h7-28,31H,1-6H3;/q-2;+2. The van der Waals surface area contributed by atoms with Crippen molar-refractivity contribution in [2.45, 2.75) is 41.5 Å². The zero-order valence-electron chi connectivity index (χ0n) is 31.3. The second-order valence-corrected chi connectivity index (χ2v) is 13.7. The minimum absolute atomic E-state index is 0. The van der Waals surface area contributed by atoms with Gasteiger partial charge in [0.05, 0.1) is 23.5 Å². The molecule has 6 aromatic carbocycles. The van der Waals surface area contributed by atoms with Crippen molar-refractivity contribution < 1.29 is 21.1 Å². The molecule has 0 radical (unpaired) electrons. The summed E-state index contributed by atoms with van der Waals surface area (Å²) in [7, 11) is 0. The number of anilines is 3. The third-order valence-electron chi connectivity index (χ3n) is 9.95. The Kier molecular flexibility index (Phi) is 10.4. The summed E-state index contributed by atoms with van der Waals surface area (Å²) in [6.45, 7) is 12.9. The maximum atomic E-state index is 5.12. The van der Waals surface area contributed by atoms with Gasteiger partial charge in [0.25, 0.3) is 0 Å². The van der Waals surface area contributed by atoms with Gasteiger partial charge in [-0.15, -0.1) is 59.7 Å². The van der Waals surface area contributed by atoms with Crippen molar-refractivity contribution in [3.63, 3.8) is 0 Å². The number of nitrogens with zero attached hydrogens (tertiary/aromatic N) is 5. The molecule has 0 N–H and O–H groups in total. The first-order valence-corrected chi connectivity index (χ1v) is 18.0. The molecule has 0 atom stereocenters. The van der Waals surface area contributed by atoms with Crippen LogP contribution in [-0.2, 0) is 21.1 Å². The molecule has 6 heteroatoms. The molecule has 0 amide bonds. The summed E-state index contributed by atoms with van der Waals surface area (Å²) in [5, 5.41) is 0. The maximum Gasteiger partial charge on any atom is 2.00 e. The van der Waals surface area contributed by atoms with Crippen molar-refractivity contribution in [1.29, 1.82) is 0 Å². The normalized spacial score (nSPS) is 11.0. The van der Waals surface area contributed by atoms with E-state index in [2.05, 4.69) is 189 Å². The van der Waals surface area contributed by atoms with Gasteiger partial charge in [-0.3, -0.25) is 9.97 Å². The molecule has 0 spiro atoms. The van der Waals surface area contributed by atoms with E-state index in [9.17, 15) is 0 Å². The average molecular weight is 883 g/mol. The van der Waals surface area contributed by atoms with Gasteiger partial charge in [-0.1, -0.05) is 84.4 Å². The molecule has 268 valence electrons. The van der Waals surface area contributed by atoms with E-state index in [0.717, 1.165) is 68.0 Å². The fourth-order valence-electron chi connectivity index (χ4n) is 7.65. The quantitative estimate of drug-likeness (QED) is 0.143. The molecule has 0 aliphatic heterocycles.